The smallest absolute Gasteiger partial charge is 0.227 e. The van der Waals surface area contributed by atoms with Gasteiger partial charge in [-0.3, -0.25) is 14.5 Å². The van der Waals surface area contributed by atoms with Crippen LogP contribution in [0.4, 0.5) is 11.5 Å². The Bertz CT molecular complexity index is 936. The topological polar surface area (TPSA) is 91.6 Å². The van der Waals surface area contributed by atoms with Crippen molar-refractivity contribution in [1.29, 1.82) is 0 Å². The molecular formula is C24H30ClN5O2. The van der Waals surface area contributed by atoms with Gasteiger partial charge in [0.25, 0.3) is 0 Å². The molecule has 0 unspecified atom stereocenters. The van der Waals surface area contributed by atoms with Gasteiger partial charge in [-0.25, -0.2) is 4.98 Å². The van der Waals surface area contributed by atoms with E-state index in [4.69, 9.17) is 17.3 Å². The van der Waals surface area contributed by atoms with E-state index in [2.05, 4.69) is 15.2 Å². The molecule has 3 heterocycles. The van der Waals surface area contributed by atoms with Crippen LogP contribution in [0.1, 0.15) is 31.2 Å². The summed E-state index contributed by atoms with van der Waals surface area (Å²) in [5, 5.41) is 3.60. The van der Waals surface area contributed by atoms with Gasteiger partial charge in [0.05, 0.1) is 0 Å². The third-order valence-electron chi connectivity index (χ3n) is 6.48. The van der Waals surface area contributed by atoms with Gasteiger partial charge in [0.15, 0.2) is 0 Å². The van der Waals surface area contributed by atoms with Gasteiger partial charge in [-0.2, -0.15) is 0 Å². The molecule has 7 nitrogen and oxygen atoms in total. The normalized spacial score (nSPS) is 18.5. The lowest BCUT2D eigenvalue weighted by Crippen LogP contribution is -2.46. The van der Waals surface area contributed by atoms with Crippen LogP contribution in [0, 0.1) is 11.8 Å². The Morgan fingerprint density at radius 2 is 1.66 bits per heavy atom. The van der Waals surface area contributed by atoms with Crippen molar-refractivity contribution in [3.63, 3.8) is 0 Å². The third kappa shape index (κ3) is 5.78. The second-order valence-corrected chi connectivity index (χ2v) is 9.17. The van der Waals surface area contributed by atoms with Gasteiger partial charge >= 0.3 is 0 Å². The van der Waals surface area contributed by atoms with Crippen molar-refractivity contribution in [1.82, 2.24) is 14.8 Å². The van der Waals surface area contributed by atoms with Crippen molar-refractivity contribution < 1.29 is 9.59 Å². The van der Waals surface area contributed by atoms with Gasteiger partial charge in [-0.05, 0) is 80.7 Å². The average Bonchev–Trinajstić information content (AvgIpc) is 2.81. The Hall–Kier alpha value is -2.64. The Labute approximate surface area is 193 Å². The van der Waals surface area contributed by atoms with Crippen LogP contribution < -0.4 is 11.1 Å². The highest BCUT2D eigenvalue weighted by molar-refractivity contribution is 6.30. The number of nitrogen functional groups attached to an aromatic ring is 1. The molecule has 2 fully saturated rings. The molecule has 0 bridgehead atoms. The maximum absolute atomic E-state index is 13.0. The lowest BCUT2D eigenvalue weighted by molar-refractivity contribution is -0.139. The zero-order chi connectivity index (χ0) is 22.5. The summed E-state index contributed by atoms with van der Waals surface area (Å²) in [5.41, 5.74) is 7.67. The number of hydrogen-bond acceptors (Lipinski definition) is 5. The summed E-state index contributed by atoms with van der Waals surface area (Å²) in [6, 6.07) is 11.0. The SMILES string of the molecule is Nc1cc(CN2CCC(C(=O)N3CCC(C(=O)Nc4ccc(Cl)cc4)CC3)CC2)ccn1. The van der Waals surface area contributed by atoms with Gasteiger partial charge in [0.1, 0.15) is 5.82 Å². The molecule has 3 N–H and O–H groups in total. The maximum Gasteiger partial charge on any atom is 0.227 e. The van der Waals surface area contributed by atoms with E-state index in [-0.39, 0.29) is 23.7 Å². The van der Waals surface area contributed by atoms with Gasteiger partial charge < -0.3 is 16.0 Å². The van der Waals surface area contributed by atoms with E-state index in [0.717, 1.165) is 43.7 Å². The fourth-order valence-electron chi connectivity index (χ4n) is 4.59. The molecule has 4 rings (SSSR count). The Kier molecular flexibility index (Phi) is 7.27. The van der Waals surface area contributed by atoms with Crippen molar-refractivity contribution in [2.24, 2.45) is 11.8 Å². The Morgan fingerprint density at radius 1 is 1.00 bits per heavy atom. The number of nitrogens with one attached hydrogen (secondary N) is 1. The summed E-state index contributed by atoms with van der Waals surface area (Å²) < 4.78 is 0. The fraction of sp³-hybridized carbons (Fsp3) is 0.458. The minimum atomic E-state index is -0.0654. The van der Waals surface area contributed by atoms with Gasteiger partial charge in [0, 0.05) is 48.4 Å². The molecule has 1 aromatic heterocycles. The summed E-state index contributed by atoms with van der Waals surface area (Å²) in [6.45, 7) is 3.93. The largest absolute Gasteiger partial charge is 0.384 e. The minimum absolute atomic E-state index is 0.0180. The summed E-state index contributed by atoms with van der Waals surface area (Å²) >= 11 is 5.90. The first kappa shape index (κ1) is 22.6. The lowest BCUT2D eigenvalue weighted by atomic mass is 9.91. The average molecular weight is 456 g/mol. The highest BCUT2D eigenvalue weighted by Crippen LogP contribution is 2.25. The number of nitrogens with zero attached hydrogens (tertiary/aromatic N) is 3. The van der Waals surface area contributed by atoms with Crippen LogP contribution in [0.5, 0.6) is 0 Å². The highest BCUT2D eigenvalue weighted by Gasteiger charge is 2.32. The standard InChI is InChI=1S/C24H30ClN5O2/c25-20-1-3-21(4-2-20)28-23(31)18-8-13-30(14-9-18)24(32)19-6-11-29(12-7-19)16-17-5-10-27-22(26)15-17/h1-5,10,15,18-19H,6-9,11-14,16H2,(H2,26,27)(H,28,31). The first-order valence-electron chi connectivity index (χ1n) is 11.3. The highest BCUT2D eigenvalue weighted by atomic mass is 35.5. The Morgan fingerprint density at radius 3 is 2.31 bits per heavy atom. The van der Waals surface area contributed by atoms with E-state index >= 15 is 0 Å². The molecule has 2 aromatic rings. The van der Waals surface area contributed by atoms with E-state index < -0.39 is 0 Å². The van der Waals surface area contributed by atoms with Crippen molar-refractivity contribution in [3.05, 3.63) is 53.2 Å². The maximum atomic E-state index is 13.0. The van der Waals surface area contributed by atoms with Crippen LogP contribution >= 0.6 is 11.6 Å². The van der Waals surface area contributed by atoms with Crippen LogP contribution in [0.2, 0.25) is 5.02 Å². The second-order valence-electron chi connectivity index (χ2n) is 8.74. The molecule has 1 aromatic carbocycles. The zero-order valence-electron chi connectivity index (χ0n) is 18.2. The van der Waals surface area contributed by atoms with Gasteiger partial charge in [-0.1, -0.05) is 11.6 Å². The van der Waals surface area contributed by atoms with Crippen molar-refractivity contribution >= 4 is 34.9 Å². The quantitative estimate of drug-likeness (QED) is 0.720. The summed E-state index contributed by atoms with van der Waals surface area (Å²) in [4.78, 5) is 34.0. The molecule has 0 aliphatic carbocycles. The number of pyridine rings is 1. The fourth-order valence-corrected chi connectivity index (χ4v) is 4.71. The molecule has 0 radical (unpaired) electrons. The predicted octanol–water partition coefficient (Wildman–Crippen LogP) is 3.41. The predicted molar refractivity (Wildman–Crippen MR) is 126 cm³/mol. The molecule has 0 atom stereocenters. The molecule has 2 saturated heterocycles. The van der Waals surface area contributed by atoms with E-state index in [1.807, 2.05) is 17.0 Å². The first-order chi connectivity index (χ1) is 15.5. The summed E-state index contributed by atoms with van der Waals surface area (Å²) in [5.74, 6) is 0.814. The summed E-state index contributed by atoms with van der Waals surface area (Å²) in [7, 11) is 0. The number of piperidine rings is 2. The number of carbonyl (C=O) groups is 2. The van der Waals surface area contributed by atoms with Crippen LogP contribution in [-0.4, -0.2) is 52.8 Å². The number of anilines is 2. The van der Waals surface area contributed by atoms with E-state index in [0.29, 0.717) is 36.8 Å². The van der Waals surface area contributed by atoms with Crippen molar-refractivity contribution in [2.45, 2.75) is 32.2 Å². The number of hydrogen-bond donors (Lipinski definition) is 2. The van der Waals surface area contributed by atoms with Gasteiger partial charge in [-0.15, -0.1) is 0 Å². The molecule has 2 aliphatic rings. The summed E-state index contributed by atoms with van der Waals surface area (Å²) in [6.07, 6.45) is 4.88. The first-order valence-corrected chi connectivity index (χ1v) is 11.6. The third-order valence-corrected chi connectivity index (χ3v) is 6.73. The monoisotopic (exact) mass is 455 g/mol. The van der Waals surface area contributed by atoms with Crippen molar-refractivity contribution in [3.8, 4) is 0 Å². The van der Waals surface area contributed by atoms with Crippen LogP contribution in [-0.2, 0) is 16.1 Å². The number of halogens is 1. The number of nitrogens with two attached hydrogens (primary N) is 1. The van der Waals surface area contributed by atoms with E-state index in [9.17, 15) is 9.59 Å². The molecule has 0 spiro atoms. The lowest BCUT2D eigenvalue weighted by Gasteiger charge is -2.37. The molecule has 170 valence electrons. The second kappa shape index (κ2) is 10.3. The van der Waals surface area contributed by atoms with Crippen molar-refractivity contribution in [2.75, 3.05) is 37.2 Å². The molecule has 2 amide bonds. The number of amides is 2. The number of aromatic nitrogens is 1. The van der Waals surface area contributed by atoms with E-state index in [1.165, 1.54) is 0 Å². The number of benzene rings is 1. The van der Waals surface area contributed by atoms with Crippen LogP contribution in [0.3, 0.4) is 0 Å². The van der Waals surface area contributed by atoms with Gasteiger partial charge in [0.2, 0.25) is 11.8 Å². The van der Waals surface area contributed by atoms with Crippen LogP contribution in [0.15, 0.2) is 42.6 Å². The number of rotatable bonds is 5. The Balaban J connectivity index is 1.21. The molecule has 8 heteroatoms. The molecule has 32 heavy (non-hydrogen) atoms. The number of carbonyl (C=O) groups excluding carboxylic acids is 2. The molecule has 0 saturated carbocycles. The molecular weight excluding hydrogens is 426 g/mol. The molecule has 2 aliphatic heterocycles. The minimum Gasteiger partial charge on any atom is -0.384 e. The van der Waals surface area contributed by atoms with Crippen LogP contribution in [0.25, 0.3) is 0 Å². The zero-order valence-corrected chi connectivity index (χ0v) is 18.9. The number of likely N-dealkylation sites (tertiary alicyclic amines) is 2. The van der Waals surface area contributed by atoms with E-state index in [1.54, 1.807) is 30.5 Å².